The summed E-state index contributed by atoms with van der Waals surface area (Å²) in [7, 11) is 0. The van der Waals surface area contributed by atoms with E-state index < -0.39 is 0 Å². The van der Waals surface area contributed by atoms with Crippen LogP contribution in [-0.2, 0) is 9.53 Å². The lowest BCUT2D eigenvalue weighted by atomic mass is 9.90. The summed E-state index contributed by atoms with van der Waals surface area (Å²) in [4.78, 5) is 11.2. The van der Waals surface area contributed by atoms with Gasteiger partial charge in [0.2, 0.25) is 0 Å². The number of hydrogen-bond donors (Lipinski definition) is 1. The van der Waals surface area contributed by atoms with Crippen LogP contribution in [0.2, 0.25) is 0 Å². The molecule has 3 heteroatoms. The number of carbonyl (C=O) groups excluding carboxylic acids is 1. The van der Waals surface area contributed by atoms with Gasteiger partial charge in [-0.15, -0.1) is 0 Å². The Morgan fingerprint density at radius 3 is 2.92 bits per heavy atom. The average molecular weight is 185 g/mol. The highest BCUT2D eigenvalue weighted by Crippen LogP contribution is 2.19. The molecule has 1 saturated heterocycles. The molecule has 0 amide bonds. The molecular formula is C10H19NO2. The Labute approximate surface area is 79.8 Å². The third-order valence-corrected chi connectivity index (χ3v) is 2.42. The summed E-state index contributed by atoms with van der Waals surface area (Å²) in [5.41, 5.74) is 0. The highest BCUT2D eigenvalue weighted by molar-refractivity contribution is 5.69. The summed E-state index contributed by atoms with van der Waals surface area (Å²) >= 11 is 0. The SMILES string of the molecule is CCOC(=O)CC1CNCC(C)C1. The van der Waals surface area contributed by atoms with Crippen LogP contribution in [0.1, 0.15) is 26.7 Å². The molecule has 1 heterocycles. The fraction of sp³-hybridized carbons (Fsp3) is 0.900. The van der Waals surface area contributed by atoms with Crippen LogP contribution in [0.25, 0.3) is 0 Å². The van der Waals surface area contributed by atoms with E-state index in [1.807, 2.05) is 6.92 Å². The third-order valence-electron chi connectivity index (χ3n) is 2.42. The van der Waals surface area contributed by atoms with Crippen molar-refractivity contribution in [3.8, 4) is 0 Å². The molecule has 1 fully saturated rings. The van der Waals surface area contributed by atoms with Gasteiger partial charge in [0.15, 0.2) is 0 Å². The molecule has 0 aliphatic carbocycles. The summed E-state index contributed by atoms with van der Waals surface area (Å²) in [5, 5.41) is 3.32. The lowest BCUT2D eigenvalue weighted by Gasteiger charge is -2.26. The normalized spacial score (nSPS) is 28.5. The maximum atomic E-state index is 11.2. The Balaban J connectivity index is 2.23. The van der Waals surface area contributed by atoms with Crippen molar-refractivity contribution in [2.24, 2.45) is 11.8 Å². The highest BCUT2D eigenvalue weighted by atomic mass is 16.5. The van der Waals surface area contributed by atoms with Crippen LogP contribution in [0.4, 0.5) is 0 Å². The molecule has 0 aromatic rings. The number of hydrogen-bond acceptors (Lipinski definition) is 3. The Hall–Kier alpha value is -0.570. The second-order valence-electron chi connectivity index (χ2n) is 3.87. The van der Waals surface area contributed by atoms with E-state index in [0.29, 0.717) is 24.9 Å². The Kier molecular flexibility index (Phi) is 4.22. The molecule has 1 aliphatic heterocycles. The van der Waals surface area contributed by atoms with Crippen LogP contribution in [-0.4, -0.2) is 25.7 Å². The molecule has 0 radical (unpaired) electrons. The first kappa shape index (κ1) is 10.5. The molecule has 1 rings (SSSR count). The Bertz CT molecular complexity index is 170. The van der Waals surface area contributed by atoms with E-state index in [2.05, 4.69) is 12.2 Å². The van der Waals surface area contributed by atoms with Crippen LogP contribution in [0.15, 0.2) is 0 Å². The maximum Gasteiger partial charge on any atom is 0.306 e. The van der Waals surface area contributed by atoms with E-state index in [9.17, 15) is 4.79 Å². The summed E-state index contributed by atoms with van der Waals surface area (Å²) in [6, 6.07) is 0. The van der Waals surface area contributed by atoms with E-state index >= 15 is 0 Å². The molecule has 76 valence electrons. The van der Waals surface area contributed by atoms with Crippen molar-refractivity contribution in [3.05, 3.63) is 0 Å². The molecule has 1 aliphatic rings. The number of rotatable bonds is 3. The molecule has 2 atom stereocenters. The summed E-state index contributed by atoms with van der Waals surface area (Å²) in [6.45, 7) is 6.60. The van der Waals surface area contributed by atoms with Gasteiger partial charge in [0.05, 0.1) is 6.61 Å². The average Bonchev–Trinajstić information content (AvgIpc) is 2.04. The predicted octanol–water partition coefficient (Wildman–Crippen LogP) is 1.19. The van der Waals surface area contributed by atoms with Gasteiger partial charge < -0.3 is 10.1 Å². The van der Waals surface area contributed by atoms with Crippen LogP contribution in [0, 0.1) is 11.8 Å². The molecule has 13 heavy (non-hydrogen) atoms. The van der Waals surface area contributed by atoms with E-state index in [1.165, 1.54) is 0 Å². The lowest BCUT2D eigenvalue weighted by Crippen LogP contribution is -2.36. The van der Waals surface area contributed by atoms with E-state index in [4.69, 9.17) is 4.74 Å². The van der Waals surface area contributed by atoms with Crippen molar-refractivity contribution in [2.45, 2.75) is 26.7 Å². The quantitative estimate of drug-likeness (QED) is 0.671. The van der Waals surface area contributed by atoms with Crippen molar-refractivity contribution in [2.75, 3.05) is 19.7 Å². The first-order chi connectivity index (χ1) is 6.22. The molecule has 2 unspecified atom stereocenters. The topological polar surface area (TPSA) is 38.3 Å². The van der Waals surface area contributed by atoms with Crippen molar-refractivity contribution in [1.82, 2.24) is 5.32 Å². The van der Waals surface area contributed by atoms with E-state index in [1.54, 1.807) is 0 Å². The third kappa shape index (κ3) is 3.77. The molecule has 0 aromatic carbocycles. The van der Waals surface area contributed by atoms with Crippen molar-refractivity contribution >= 4 is 5.97 Å². The summed E-state index contributed by atoms with van der Waals surface area (Å²) < 4.78 is 4.91. The van der Waals surface area contributed by atoms with E-state index in [0.717, 1.165) is 19.5 Å². The zero-order chi connectivity index (χ0) is 9.68. The highest BCUT2D eigenvalue weighted by Gasteiger charge is 2.21. The second-order valence-corrected chi connectivity index (χ2v) is 3.87. The Morgan fingerprint density at radius 2 is 2.31 bits per heavy atom. The van der Waals surface area contributed by atoms with Gasteiger partial charge in [0.1, 0.15) is 0 Å². The largest absolute Gasteiger partial charge is 0.466 e. The first-order valence-corrected chi connectivity index (χ1v) is 5.08. The lowest BCUT2D eigenvalue weighted by molar-refractivity contribution is -0.144. The number of esters is 1. The minimum absolute atomic E-state index is 0.0524. The van der Waals surface area contributed by atoms with Gasteiger partial charge in [0, 0.05) is 6.42 Å². The van der Waals surface area contributed by atoms with Gasteiger partial charge in [0.25, 0.3) is 0 Å². The van der Waals surface area contributed by atoms with Crippen molar-refractivity contribution < 1.29 is 9.53 Å². The predicted molar refractivity (Wildman–Crippen MR) is 51.4 cm³/mol. The van der Waals surface area contributed by atoms with E-state index in [-0.39, 0.29) is 5.97 Å². The zero-order valence-electron chi connectivity index (χ0n) is 8.51. The van der Waals surface area contributed by atoms with Gasteiger partial charge >= 0.3 is 5.97 Å². The van der Waals surface area contributed by atoms with Crippen molar-refractivity contribution in [3.63, 3.8) is 0 Å². The van der Waals surface area contributed by atoms with Crippen LogP contribution in [0.5, 0.6) is 0 Å². The minimum Gasteiger partial charge on any atom is -0.466 e. The Morgan fingerprint density at radius 1 is 1.54 bits per heavy atom. The molecule has 0 saturated carbocycles. The number of ether oxygens (including phenoxy) is 1. The second kappa shape index (κ2) is 5.22. The summed E-state index contributed by atoms with van der Waals surface area (Å²) in [5.74, 6) is 1.11. The summed E-state index contributed by atoms with van der Waals surface area (Å²) in [6.07, 6.45) is 1.72. The van der Waals surface area contributed by atoms with Gasteiger partial charge in [-0.3, -0.25) is 4.79 Å². The first-order valence-electron chi connectivity index (χ1n) is 5.08. The smallest absolute Gasteiger partial charge is 0.306 e. The van der Waals surface area contributed by atoms with Crippen molar-refractivity contribution in [1.29, 1.82) is 0 Å². The van der Waals surface area contributed by atoms with Crippen LogP contribution in [0.3, 0.4) is 0 Å². The molecule has 3 nitrogen and oxygen atoms in total. The van der Waals surface area contributed by atoms with Crippen LogP contribution < -0.4 is 5.32 Å². The zero-order valence-corrected chi connectivity index (χ0v) is 8.51. The fourth-order valence-electron chi connectivity index (χ4n) is 1.88. The number of nitrogens with one attached hydrogen (secondary N) is 1. The number of piperidine rings is 1. The standard InChI is InChI=1S/C10H19NO2/c1-3-13-10(12)5-9-4-8(2)6-11-7-9/h8-9,11H,3-7H2,1-2H3. The number of carbonyl (C=O) groups is 1. The maximum absolute atomic E-state index is 11.2. The van der Waals surface area contributed by atoms with Crippen LogP contribution >= 0.6 is 0 Å². The molecule has 0 bridgehead atoms. The molecule has 0 spiro atoms. The van der Waals surface area contributed by atoms with Gasteiger partial charge in [-0.05, 0) is 38.3 Å². The molecule has 1 N–H and O–H groups in total. The fourth-order valence-corrected chi connectivity index (χ4v) is 1.88. The molecular weight excluding hydrogens is 166 g/mol. The van der Waals surface area contributed by atoms with Gasteiger partial charge in [-0.1, -0.05) is 6.92 Å². The van der Waals surface area contributed by atoms with Gasteiger partial charge in [-0.2, -0.15) is 0 Å². The monoisotopic (exact) mass is 185 g/mol. The molecule has 0 aromatic heterocycles. The van der Waals surface area contributed by atoms with Gasteiger partial charge in [-0.25, -0.2) is 0 Å². The minimum atomic E-state index is -0.0524.